The van der Waals surface area contributed by atoms with Gasteiger partial charge in [-0.25, -0.2) is 0 Å². The molecule has 0 fully saturated rings. The third-order valence-electron chi connectivity index (χ3n) is 4.73. The molecule has 1 N–H and O–H groups in total. The highest BCUT2D eigenvalue weighted by Crippen LogP contribution is 2.39. The molecule has 0 bridgehead atoms. The van der Waals surface area contributed by atoms with Gasteiger partial charge in [-0.15, -0.1) is 5.10 Å². The maximum atomic E-state index is 13.3. The van der Waals surface area contributed by atoms with Gasteiger partial charge in [0.2, 0.25) is 0 Å². The average molecular weight is 516 g/mol. The Kier molecular flexibility index (Phi) is 6.65. The highest BCUT2D eigenvalue weighted by Gasteiger charge is 2.35. The number of carbonyl (C=O) groups excluding carboxylic acids is 2. The first kappa shape index (κ1) is 23.4. The summed E-state index contributed by atoms with van der Waals surface area (Å²) in [6.07, 6.45) is 1.55. The summed E-state index contributed by atoms with van der Waals surface area (Å²) in [6.45, 7) is 0. The number of amides is 2. The van der Waals surface area contributed by atoms with E-state index in [9.17, 15) is 19.7 Å². The van der Waals surface area contributed by atoms with Crippen LogP contribution in [-0.4, -0.2) is 22.6 Å². The van der Waals surface area contributed by atoms with Crippen molar-refractivity contribution in [2.75, 3.05) is 5.01 Å². The lowest BCUT2D eigenvalue weighted by Crippen LogP contribution is -2.31. The Hall–Kier alpha value is -3.72. The summed E-state index contributed by atoms with van der Waals surface area (Å²) in [5.74, 6) is -1.36. The fraction of sp³-hybridized carbons (Fsp3) is 0. The van der Waals surface area contributed by atoms with Gasteiger partial charge in [0.15, 0.2) is 5.84 Å². The summed E-state index contributed by atoms with van der Waals surface area (Å²) in [4.78, 5) is 36.6. The van der Waals surface area contributed by atoms with Crippen molar-refractivity contribution in [3.8, 4) is 0 Å². The van der Waals surface area contributed by atoms with Gasteiger partial charge in [0.25, 0.3) is 17.5 Å². The average Bonchev–Trinajstić information content (AvgIpc) is 3.08. The lowest BCUT2D eigenvalue weighted by atomic mass is 10.1. The zero-order chi connectivity index (χ0) is 24.4. The molecule has 1 aliphatic heterocycles. The molecule has 0 aromatic heterocycles. The normalized spacial score (nSPS) is 14.3. The minimum absolute atomic E-state index is 0.0180. The topological polar surface area (TPSA) is 105 Å². The van der Waals surface area contributed by atoms with Crippen LogP contribution in [0.2, 0.25) is 15.1 Å². The third kappa shape index (κ3) is 4.79. The minimum Gasteiger partial charge on any atom is -0.304 e. The highest BCUT2D eigenvalue weighted by molar-refractivity contribution is 6.44. The van der Waals surface area contributed by atoms with Gasteiger partial charge in [-0.05, 0) is 29.8 Å². The van der Waals surface area contributed by atoms with Gasteiger partial charge in [-0.3, -0.25) is 19.7 Å². The summed E-state index contributed by atoms with van der Waals surface area (Å²) >= 11 is 18.5. The van der Waals surface area contributed by atoms with Crippen LogP contribution in [0, 0.1) is 10.1 Å². The maximum absolute atomic E-state index is 13.3. The van der Waals surface area contributed by atoms with Crippen molar-refractivity contribution < 1.29 is 14.5 Å². The van der Waals surface area contributed by atoms with E-state index in [0.29, 0.717) is 5.56 Å². The minimum atomic E-state index is -0.690. The second-order valence-electron chi connectivity index (χ2n) is 7.01. The van der Waals surface area contributed by atoms with Crippen LogP contribution in [0.1, 0.15) is 15.9 Å². The summed E-state index contributed by atoms with van der Waals surface area (Å²) in [7, 11) is 0. The van der Waals surface area contributed by atoms with Crippen LogP contribution in [0.15, 0.2) is 77.4 Å². The van der Waals surface area contributed by atoms with Crippen molar-refractivity contribution in [1.29, 1.82) is 0 Å². The van der Waals surface area contributed by atoms with Gasteiger partial charge >= 0.3 is 0 Å². The number of hydrazone groups is 1. The monoisotopic (exact) mass is 514 g/mol. The molecule has 0 radical (unpaired) electrons. The molecule has 1 aliphatic rings. The smallest absolute Gasteiger partial charge is 0.282 e. The number of rotatable bonds is 4. The van der Waals surface area contributed by atoms with Crippen LogP contribution in [0.3, 0.4) is 0 Å². The Morgan fingerprint density at radius 3 is 2.32 bits per heavy atom. The predicted octanol–water partition coefficient (Wildman–Crippen LogP) is 5.73. The number of amidine groups is 1. The number of nitrogens with zero attached hydrogens (tertiary/aromatic N) is 3. The molecular weight excluding hydrogens is 503 g/mol. The van der Waals surface area contributed by atoms with Crippen LogP contribution in [0.5, 0.6) is 0 Å². The van der Waals surface area contributed by atoms with Crippen molar-refractivity contribution in [3.63, 3.8) is 0 Å². The fourth-order valence-corrected chi connectivity index (χ4v) is 4.16. The van der Waals surface area contributed by atoms with Crippen LogP contribution < -0.4 is 10.3 Å². The number of nitro benzene ring substituents is 1. The highest BCUT2D eigenvalue weighted by atomic mass is 35.5. The van der Waals surface area contributed by atoms with E-state index in [4.69, 9.17) is 34.8 Å². The Labute approximate surface area is 208 Å². The van der Waals surface area contributed by atoms with Gasteiger partial charge in [0, 0.05) is 22.7 Å². The standard InChI is InChI=1S/C23H13Cl3N4O4/c24-15-11-18(25)20(19(26)12-15)29-23(32)17(9-13-5-2-1-3-6-13)21(28-29)27-22(31)14-7-4-8-16(10-14)30(33)34/h1-12H,(H,27,28,31). The Bertz CT molecular complexity index is 1370. The number of anilines is 1. The number of halogens is 3. The molecule has 11 heteroatoms. The van der Waals surface area contributed by atoms with Crippen molar-refractivity contribution in [2.45, 2.75) is 0 Å². The third-order valence-corrected chi connectivity index (χ3v) is 5.53. The van der Waals surface area contributed by atoms with Gasteiger partial charge < -0.3 is 5.32 Å². The quantitative estimate of drug-likeness (QED) is 0.272. The maximum Gasteiger partial charge on any atom is 0.282 e. The molecule has 3 aromatic rings. The molecule has 34 heavy (non-hydrogen) atoms. The number of hydrogen-bond acceptors (Lipinski definition) is 5. The van der Waals surface area contributed by atoms with Crippen molar-refractivity contribution >= 4 is 69.9 Å². The lowest BCUT2D eigenvalue weighted by molar-refractivity contribution is -0.384. The number of nitro groups is 1. The number of non-ortho nitro benzene ring substituents is 1. The summed E-state index contributed by atoms with van der Waals surface area (Å²) < 4.78 is 0. The van der Waals surface area contributed by atoms with Gasteiger partial charge in [0.1, 0.15) is 5.69 Å². The van der Waals surface area contributed by atoms with E-state index in [1.165, 1.54) is 30.3 Å². The molecule has 0 atom stereocenters. The van der Waals surface area contributed by atoms with Gasteiger partial charge in [-0.2, -0.15) is 5.01 Å². The molecule has 1 heterocycles. The molecule has 0 unspecified atom stereocenters. The second-order valence-corrected chi connectivity index (χ2v) is 8.26. The first-order chi connectivity index (χ1) is 16.2. The predicted molar refractivity (Wildman–Crippen MR) is 131 cm³/mol. The number of hydrogen-bond donors (Lipinski definition) is 1. The van der Waals surface area contributed by atoms with Crippen LogP contribution in [0.4, 0.5) is 11.4 Å². The van der Waals surface area contributed by atoms with E-state index < -0.39 is 16.7 Å². The Balaban J connectivity index is 1.76. The van der Waals surface area contributed by atoms with E-state index in [0.717, 1.165) is 11.1 Å². The summed E-state index contributed by atoms with van der Waals surface area (Å²) in [5.41, 5.74) is 0.601. The molecule has 0 spiro atoms. The molecule has 0 saturated carbocycles. The number of carbonyl (C=O) groups is 2. The first-order valence-corrected chi connectivity index (χ1v) is 10.8. The van der Waals surface area contributed by atoms with Crippen molar-refractivity contribution in [1.82, 2.24) is 5.32 Å². The Morgan fingerprint density at radius 2 is 1.68 bits per heavy atom. The van der Waals surface area contributed by atoms with E-state index in [2.05, 4.69) is 10.4 Å². The lowest BCUT2D eigenvalue weighted by Gasteiger charge is -2.15. The molecule has 0 aliphatic carbocycles. The van der Waals surface area contributed by atoms with Gasteiger partial charge in [0.05, 0.1) is 20.5 Å². The molecule has 0 saturated heterocycles. The second kappa shape index (κ2) is 9.64. The molecule has 8 nitrogen and oxygen atoms in total. The summed E-state index contributed by atoms with van der Waals surface area (Å²) in [5, 5.41) is 19.3. The number of benzene rings is 3. The largest absolute Gasteiger partial charge is 0.304 e. The van der Waals surface area contributed by atoms with Crippen molar-refractivity contribution in [3.05, 3.63) is 109 Å². The molecule has 4 rings (SSSR count). The Morgan fingerprint density at radius 1 is 1.00 bits per heavy atom. The van der Waals surface area contributed by atoms with Crippen LogP contribution in [-0.2, 0) is 4.79 Å². The molecular formula is C23H13Cl3N4O4. The van der Waals surface area contributed by atoms with E-state index in [1.807, 2.05) is 6.07 Å². The van der Waals surface area contributed by atoms with Crippen molar-refractivity contribution in [2.24, 2.45) is 5.10 Å². The SMILES string of the molecule is O=C(NC1=NN(c2c(Cl)cc(Cl)cc2Cl)C(=O)C1=Cc1ccccc1)c1cccc([N+](=O)[O-])c1. The zero-order valence-electron chi connectivity index (χ0n) is 17.0. The van der Waals surface area contributed by atoms with E-state index in [1.54, 1.807) is 30.3 Å². The van der Waals surface area contributed by atoms with E-state index >= 15 is 0 Å². The summed E-state index contributed by atoms with van der Waals surface area (Å²) in [6, 6.07) is 16.9. The van der Waals surface area contributed by atoms with E-state index in [-0.39, 0.29) is 43.4 Å². The van der Waals surface area contributed by atoms with Crippen LogP contribution >= 0.6 is 34.8 Å². The number of nitrogens with one attached hydrogen (secondary N) is 1. The fourth-order valence-electron chi connectivity index (χ4n) is 3.18. The molecule has 2 amide bonds. The van der Waals surface area contributed by atoms with Crippen LogP contribution in [0.25, 0.3) is 6.08 Å². The molecule has 170 valence electrons. The first-order valence-electron chi connectivity index (χ1n) is 9.65. The van der Waals surface area contributed by atoms with Gasteiger partial charge in [-0.1, -0.05) is 71.2 Å². The molecule has 3 aromatic carbocycles. The zero-order valence-corrected chi connectivity index (χ0v) is 19.3.